The van der Waals surface area contributed by atoms with Gasteiger partial charge in [0.1, 0.15) is 22.1 Å². The molecule has 0 saturated heterocycles. The molecule has 0 unspecified atom stereocenters. The first-order valence-electron chi connectivity index (χ1n) is 10.1. The van der Waals surface area contributed by atoms with E-state index >= 15 is 0 Å². The van der Waals surface area contributed by atoms with Gasteiger partial charge in [0.25, 0.3) is 5.91 Å². The van der Waals surface area contributed by atoms with Crippen LogP contribution in [0.25, 0.3) is 5.57 Å². The van der Waals surface area contributed by atoms with Crippen molar-refractivity contribution in [2.75, 3.05) is 48.5 Å². The Balaban J connectivity index is 1.89. The number of hydrogen-bond acceptors (Lipinski definition) is 6. The molecule has 3 rings (SSSR count). The first kappa shape index (κ1) is 24.9. The number of amides is 1. The molecular formula is C23H27ClN2O6S. The zero-order chi connectivity index (χ0) is 24.3. The Labute approximate surface area is 199 Å². The Morgan fingerprint density at radius 2 is 1.67 bits per heavy atom. The molecule has 2 aromatic carbocycles. The molecule has 8 nitrogen and oxygen atoms in total. The average Bonchev–Trinajstić information content (AvgIpc) is 2.82. The van der Waals surface area contributed by atoms with Gasteiger partial charge in [0, 0.05) is 44.9 Å². The highest BCUT2D eigenvalue weighted by atomic mass is 35.5. The van der Waals surface area contributed by atoms with Crippen molar-refractivity contribution in [1.29, 1.82) is 0 Å². The molecule has 0 aliphatic carbocycles. The molecule has 0 saturated carbocycles. The highest BCUT2D eigenvalue weighted by Gasteiger charge is 2.26. The van der Waals surface area contributed by atoms with Gasteiger partial charge < -0.3 is 19.1 Å². The third-order valence-corrected chi connectivity index (χ3v) is 7.77. The first-order chi connectivity index (χ1) is 15.6. The van der Waals surface area contributed by atoms with Gasteiger partial charge in [0.15, 0.2) is 0 Å². The molecule has 0 fully saturated rings. The predicted molar refractivity (Wildman–Crippen MR) is 127 cm³/mol. The number of carbonyl (C=O) groups excluding carboxylic acids is 1. The quantitative estimate of drug-likeness (QED) is 0.585. The second-order valence-corrected chi connectivity index (χ2v) is 10.1. The lowest BCUT2D eigenvalue weighted by molar-refractivity contribution is 0.0772. The van der Waals surface area contributed by atoms with Crippen LogP contribution in [-0.2, 0) is 10.0 Å². The zero-order valence-electron chi connectivity index (χ0n) is 19.2. The molecule has 0 atom stereocenters. The summed E-state index contributed by atoms with van der Waals surface area (Å²) in [6, 6.07) is 7.87. The summed E-state index contributed by atoms with van der Waals surface area (Å²) in [5, 5.41) is 0.0692. The number of rotatable bonds is 7. The van der Waals surface area contributed by atoms with Crippen LogP contribution in [0.5, 0.6) is 17.2 Å². The van der Waals surface area contributed by atoms with E-state index in [4.69, 9.17) is 25.8 Å². The predicted octanol–water partition coefficient (Wildman–Crippen LogP) is 3.55. The van der Waals surface area contributed by atoms with E-state index in [1.165, 1.54) is 32.3 Å². The number of carbonyl (C=O) groups is 1. The fourth-order valence-corrected chi connectivity index (χ4v) is 5.01. The number of sulfonamides is 1. The van der Waals surface area contributed by atoms with E-state index in [1.54, 1.807) is 38.4 Å². The van der Waals surface area contributed by atoms with E-state index in [0.29, 0.717) is 36.8 Å². The van der Waals surface area contributed by atoms with Crippen molar-refractivity contribution in [3.63, 3.8) is 0 Å². The summed E-state index contributed by atoms with van der Waals surface area (Å²) in [6.07, 6.45) is 2.52. The molecule has 0 aromatic heterocycles. The lowest BCUT2D eigenvalue weighted by atomic mass is 9.96. The molecule has 1 aliphatic heterocycles. The highest BCUT2D eigenvalue weighted by molar-refractivity contribution is 7.89. The van der Waals surface area contributed by atoms with E-state index in [1.807, 2.05) is 6.08 Å². The van der Waals surface area contributed by atoms with E-state index in [2.05, 4.69) is 0 Å². The fraction of sp³-hybridized carbons (Fsp3) is 0.348. The molecule has 0 radical (unpaired) electrons. The molecule has 1 amide bonds. The van der Waals surface area contributed by atoms with Crippen molar-refractivity contribution >= 4 is 33.1 Å². The van der Waals surface area contributed by atoms with Gasteiger partial charge in [-0.25, -0.2) is 12.7 Å². The maximum Gasteiger partial charge on any atom is 0.254 e. The third-order valence-electron chi connectivity index (χ3n) is 5.47. The van der Waals surface area contributed by atoms with Crippen molar-refractivity contribution < 1.29 is 27.4 Å². The van der Waals surface area contributed by atoms with Gasteiger partial charge in [-0.05, 0) is 30.2 Å². The van der Waals surface area contributed by atoms with Gasteiger partial charge in [-0.1, -0.05) is 17.7 Å². The smallest absolute Gasteiger partial charge is 0.254 e. The molecule has 178 valence electrons. The maximum atomic E-state index is 13.1. The normalized spacial score (nSPS) is 14.2. The minimum Gasteiger partial charge on any atom is -0.496 e. The van der Waals surface area contributed by atoms with E-state index in [-0.39, 0.29) is 21.4 Å². The summed E-state index contributed by atoms with van der Waals surface area (Å²) >= 11 is 6.11. The molecule has 2 aromatic rings. The molecule has 33 heavy (non-hydrogen) atoms. The van der Waals surface area contributed by atoms with Crippen LogP contribution in [0, 0.1) is 0 Å². The van der Waals surface area contributed by atoms with Crippen LogP contribution in [0.1, 0.15) is 22.3 Å². The van der Waals surface area contributed by atoms with Crippen LogP contribution in [0.15, 0.2) is 41.3 Å². The van der Waals surface area contributed by atoms with E-state index in [0.717, 1.165) is 15.4 Å². The Kier molecular flexibility index (Phi) is 7.56. The fourth-order valence-electron chi connectivity index (χ4n) is 3.62. The highest BCUT2D eigenvalue weighted by Crippen LogP contribution is 2.41. The van der Waals surface area contributed by atoms with Crippen molar-refractivity contribution in [3.8, 4) is 17.2 Å². The minimum atomic E-state index is -3.78. The van der Waals surface area contributed by atoms with Crippen LogP contribution in [-0.4, -0.2) is 72.0 Å². The van der Waals surface area contributed by atoms with Gasteiger partial charge in [0.2, 0.25) is 10.0 Å². The summed E-state index contributed by atoms with van der Waals surface area (Å²) in [6.45, 7) is 0.798. The monoisotopic (exact) mass is 494 g/mol. The zero-order valence-corrected chi connectivity index (χ0v) is 20.8. The van der Waals surface area contributed by atoms with E-state index < -0.39 is 10.0 Å². The van der Waals surface area contributed by atoms with Crippen molar-refractivity contribution in [1.82, 2.24) is 9.21 Å². The minimum absolute atomic E-state index is 0.0692. The topological polar surface area (TPSA) is 85.4 Å². The summed E-state index contributed by atoms with van der Waals surface area (Å²) in [5.74, 6) is 1.58. The van der Waals surface area contributed by atoms with Gasteiger partial charge >= 0.3 is 0 Å². The van der Waals surface area contributed by atoms with Gasteiger partial charge in [-0.3, -0.25) is 4.79 Å². The third kappa shape index (κ3) is 4.95. The first-order valence-corrected chi connectivity index (χ1v) is 12.0. The second kappa shape index (κ2) is 10.0. The average molecular weight is 495 g/mol. The lowest BCUT2D eigenvalue weighted by Gasteiger charge is -2.28. The molecule has 1 heterocycles. The van der Waals surface area contributed by atoms with Crippen LogP contribution in [0.4, 0.5) is 0 Å². The van der Waals surface area contributed by atoms with Crippen LogP contribution in [0.2, 0.25) is 5.02 Å². The largest absolute Gasteiger partial charge is 0.496 e. The van der Waals surface area contributed by atoms with Gasteiger partial charge in [0.05, 0.1) is 31.9 Å². The summed E-state index contributed by atoms with van der Waals surface area (Å²) in [4.78, 5) is 14.7. The van der Waals surface area contributed by atoms with Crippen molar-refractivity contribution in [2.24, 2.45) is 0 Å². The van der Waals surface area contributed by atoms with Gasteiger partial charge in [-0.15, -0.1) is 0 Å². The Hall–Kier alpha value is -2.75. The number of hydrogen-bond donors (Lipinski definition) is 0. The number of benzene rings is 2. The summed E-state index contributed by atoms with van der Waals surface area (Å²) in [5.41, 5.74) is 2.07. The van der Waals surface area contributed by atoms with Crippen molar-refractivity contribution in [2.45, 2.75) is 11.3 Å². The standard InChI is InChI=1S/C23H27ClN2O6S/c1-25(2)33(28,29)21-12-16(6-7-18(21)24)23(27)26-10-8-15(9-11-26)22-19(31-4)13-17(30-3)14-20(22)32-5/h6-8,12-14H,9-11H2,1-5H3. The Bertz CT molecular complexity index is 1170. The SMILES string of the molecule is COc1cc(OC)c(C2=CCN(C(=O)c3ccc(Cl)c(S(=O)(=O)N(C)C)c3)CC2)c(OC)c1. The molecule has 0 N–H and O–H groups in total. The summed E-state index contributed by atoms with van der Waals surface area (Å²) < 4.78 is 42.6. The van der Waals surface area contributed by atoms with Crippen LogP contribution >= 0.6 is 11.6 Å². The number of methoxy groups -OCH3 is 3. The number of halogens is 1. The van der Waals surface area contributed by atoms with Crippen molar-refractivity contribution in [3.05, 3.63) is 52.6 Å². The lowest BCUT2D eigenvalue weighted by Crippen LogP contribution is -2.35. The Morgan fingerprint density at radius 3 is 2.15 bits per heavy atom. The molecule has 0 spiro atoms. The van der Waals surface area contributed by atoms with Crippen LogP contribution in [0.3, 0.4) is 0 Å². The number of ether oxygens (including phenoxy) is 3. The summed E-state index contributed by atoms with van der Waals surface area (Å²) in [7, 11) is 3.78. The number of nitrogens with zero attached hydrogens (tertiary/aromatic N) is 2. The van der Waals surface area contributed by atoms with E-state index in [9.17, 15) is 13.2 Å². The molecule has 1 aliphatic rings. The maximum absolute atomic E-state index is 13.1. The van der Waals surface area contributed by atoms with Gasteiger partial charge in [-0.2, -0.15) is 0 Å². The molecular weight excluding hydrogens is 468 g/mol. The molecule has 0 bridgehead atoms. The second-order valence-electron chi connectivity index (χ2n) is 7.57. The van der Waals surface area contributed by atoms with Crippen LogP contribution < -0.4 is 14.2 Å². The Morgan fingerprint density at radius 1 is 1.03 bits per heavy atom. The molecule has 10 heteroatoms.